The summed E-state index contributed by atoms with van der Waals surface area (Å²) < 4.78 is 26.1. The summed E-state index contributed by atoms with van der Waals surface area (Å²) in [5.41, 5.74) is -1.23. The number of anilines is 1. The van der Waals surface area contributed by atoms with Gasteiger partial charge in [-0.05, 0) is 50.6 Å². The summed E-state index contributed by atoms with van der Waals surface area (Å²) in [7, 11) is 2.91. The van der Waals surface area contributed by atoms with Crippen molar-refractivity contribution in [1.82, 2.24) is 19.7 Å². The molecule has 0 atom stereocenters. The molecule has 2 heterocycles. The summed E-state index contributed by atoms with van der Waals surface area (Å²) in [6, 6.07) is 4.84. The molecular formula is C23H23FN6O6. The van der Waals surface area contributed by atoms with Crippen molar-refractivity contribution >= 4 is 29.5 Å². The number of carbonyl (C=O) groups excluding carboxylic acids is 2. The van der Waals surface area contributed by atoms with Crippen LogP contribution in [0.25, 0.3) is 17.5 Å². The van der Waals surface area contributed by atoms with Crippen LogP contribution in [-0.4, -0.2) is 49.3 Å². The van der Waals surface area contributed by atoms with Gasteiger partial charge in [-0.2, -0.15) is 5.10 Å². The first-order chi connectivity index (χ1) is 16.9. The van der Waals surface area contributed by atoms with Gasteiger partial charge in [0.2, 0.25) is 11.5 Å². The zero-order chi connectivity index (χ0) is 26.6. The van der Waals surface area contributed by atoms with Crippen molar-refractivity contribution < 1.29 is 28.4 Å². The Morgan fingerprint density at radius 2 is 1.97 bits per heavy atom. The number of hydrogen-bond acceptors (Lipinski definition) is 9. The van der Waals surface area contributed by atoms with Crippen LogP contribution in [-0.2, 0) is 11.8 Å². The molecule has 1 N–H and O–H groups in total. The van der Waals surface area contributed by atoms with E-state index in [0.717, 1.165) is 12.1 Å². The summed E-state index contributed by atoms with van der Waals surface area (Å²) in [5, 5.41) is 18.1. The van der Waals surface area contributed by atoms with E-state index in [1.54, 1.807) is 27.8 Å². The van der Waals surface area contributed by atoms with Gasteiger partial charge >= 0.3 is 11.8 Å². The van der Waals surface area contributed by atoms with Crippen molar-refractivity contribution in [2.45, 2.75) is 26.4 Å². The lowest BCUT2D eigenvalue weighted by Gasteiger charge is -2.19. The molecule has 0 aliphatic carbocycles. The molecule has 0 saturated heterocycles. The summed E-state index contributed by atoms with van der Waals surface area (Å²) in [6.45, 7) is 5.01. The van der Waals surface area contributed by atoms with Gasteiger partial charge in [0, 0.05) is 13.1 Å². The lowest BCUT2D eigenvalue weighted by atomic mass is 10.1. The number of ether oxygens (including phenoxy) is 2. The van der Waals surface area contributed by atoms with Crippen LogP contribution in [0.4, 0.5) is 20.7 Å². The number of nitrogens with zero attached hydrogens (tertiary/aromatic N) is 5. The number of aromatic nitrogens is 4. The first kappa shape index (κ1) is 25.9. The van der Waals surface area contributed by atoms with Crippen molar-refractivity contribution in [3.05, 3.63) is 63.9 Å². The molecule has 0 unspecified atom stereocenters. The van der Waals surface area contributed by atoms with Crippen LogP contribution in [0.3, 0.4) is 0 Å². The largest absolute Gasteiger partial charge is 0.490 e. The monoisotopic (exact) mass is 498 g/mol. The van der Waals surface area contributed by atoms with Gasteiger partial charge < -0.3 is 9.47 Å². The normalized spacial score (nSPS) is 11.4. The van der Waals surface area contributed by atoms with Gasteiger partial charge in [0.15, 0.2) is 11.6 Å². The summed E-state index contributed by atoms with van der Waals surface area (Å²) in [6.07, 6.45) is 2.86. The fourth-order valence-electron chi connectivity index (χ4n) is 3.05. The first-order valence-electron chi connectivity index (χ1n) is 10.5. The predicted octanol–water partition coefficient (Wildman–Crippen LogP) is 4.18. The molecule has 2 aromatic heterocycles. The molecule has 0 aliphatic rings. The van der Waals surface area contributed by atoms with Crippen molar-refractivity contribution in [1.29, 1.82) is 0 Å². The second-order valence-corrected chi connectivity index (χ2v) is 8.47. The highest BCUT2D eigenvalue weighted by Crippen LogP contribution is 2.38. The molecule has 0 aliphatic heterocycles. The molecule has 0 fully saturated rings. The molecule has 188 valence electrons. The Bertz CT molecular complexity index is 1360. The highest BCUT2D eigenvalue weighted by molar-refractivity contribution is 6.06. The number of carbonyl (C=O) groups is 2. The van der Waals surface area contributed by atoms with Gasteiger partial charge in [0.25, 0.3) is 0 Å². The Morgan fingerprint density at radius 1 is 1.25 bits per heavy atom. The SMILES string of the molecule is COc1c(-c2ncn(C)n2)cc(/C=C/C(=O)c2nc(NC(=O)OC(C)(C)C)ccc2F)cc1[N+](=O)[O-]. The van der Waals surface area contributed by atoms with Gasteiger partial charge in [-0.3, -0.25) is 24.9 Å². The fraction of sp³-hybridized carbons (Fsp3) is 0.261. The second kappa shape index (κ2) is 10.3. The van der Waals surface area contributed by atoms with Crippen LogP contribution in [0, 0.1) is 15.9 Å². The number of amides is 1. The van der Waals surface area contributed by atoms with Gasteiger partial charge in [-0.1, -0.05) is 6.08 Å². The Balaban J connectivity index is 1.93. The number of nitrogens with one attached hydrogen (secondary N) is 1. The minimum absolute atomic E-state index is 0.0525. The molecule has 0 bridgehead atoms. The second-order valence-electron chi connectivity index (χ2n) is 8.47. The number of allylic oxidation sites excluding steroid dienone is 1. The predicted molar refractivity (Wildman–Crippen MR) is 127 cm³/mol. The Kier molecular flexibility index (Phi) is 7.42. The van der Waals surface area contributed by atoms with E-state index in [1.165, 1.54) is 42.4 Å². The minimum Gasteiger partial charge on any atom is -0.490 e. The van der Waals surface area contributed by atoms with Gasteiger partial charge in [-0.15, -0.1) is 0 Å². The number of methoxy groups -OCH3 is 1. The summed E-state index contributed by atoms with van der Waals surface area (Å²) >= 11 is 0. The molecule has 12 nitrogen and oxygen atoms in total. The van der Waals surface area contributed by atoms with E-state index in [4.69, 9.17) is 9.47 Å². The molecule has 36 heavy (non-hydrogen) atoms. The van der Waals surface area contributed by atoms with Crippen molar-refractivity contribution in [3.63, 3.8) is 0 Å². The maximum Gasteiger partial charge on any atom is 0.413 e. The average Bonchev–Trinajstić information content (AvgIpc) is 3.22. The maximum absolute atomic E-state index is 14.3. The highest BCUT2D eigenvalue weighted by Gasteiger charge is 2.23. The zero-order valence-electron chi connectivity index (χ0n) is 20.1. The minimum atomic E-state index is -0.918. The van der Waals surface area contributed by atoms with Crippen LogP contribution in [0.5, 0.6) is 5.75 Å². The van der Waals surface area contributed by atoms with E-state index in [0.29, 0.717) is 0 Å². The lowest BCUT2D eigenvalue weighted by Crippen LogP contribution is -2.27. The van der Waals surface area contributed by atoms with Crippen molar-refractivity contribution in [2.75, 3.05) is 12.4 Å². The maximum atomic E-state index is 14.3. The molecule has 1 amide bonds. The number of benzene rings is 1. The quantitative estimate of drug-likeness (QED) is 0.219. The number of rotatable bonds is 7. The van der Waals surface area contributed by atoms with Gasteiger partial charge in [0.1, 0.15) is 23.4 Å². The molecule has 3 rings (SSSR count). The van der Waals surface area contributed by atoms with Crippen LogP contribution in [0.2, 0.25) is 0 Å². The molecule has 0 saturated carbocycles. The molecule has 0 spiro atoms. The Labute approximate surface area is 204 Å². The third kappa shape index (κ3) is 6.25. The summed E-state index contributed by atoms with van der Waals surface area (Å²) in [4.78, 5) is 43.6. The number of nitro benzene ring substituents is 1. The van der Waals surface area contributed by atoms with Crippen LogP contribution in [0.1, 0.15) is 36.8 Å². The lowest BCUT2D eigenvalue weighted by molar-refractivity contribution is -0.385. The third-order valence-electron chi connectivity index (χ3n) is 4.47. The molecule has 0 radical (unpaired) electrons. The van der Waals surface area contributed by atoms with Crippen molar-refractivity contribution in [2.24, 2.45) is 7.05 Å². The number of aryl methyl sites for hydroxylation is 1. The van der Waals surface area contributed by atoms with Crippen LogP contribution in [0.15, 0.2) is 36.7 Å². The highest BCUT2D eigenvalue weighted by atomic mass is 19.1. The first-order valence-corrected chi connectivity index (χ1v) is 10.5. The smallest absolute Gasteiger partial charge is 0.413 e. The average molecular weight is 498 g/mol. The zero-order valence-corrected chi connectivity index (χ0v) is 20.1. The van der Waals surface area contributed by atoms with E-state index in [2.05, 4.69) is 20.4 Å². The number of hydrogen-bond donors (Lipinski definition) is 1. The van der Waals surface area contributed by atoms with Crippen molar-refractivity contribution in [3.8, 4) is 17.1 Å². The number of halogens is 1. The van der Waals surface area contributed by atoms with E-state index in [-0.39, 0.29) is 34.2 Å². The van der Waals surface area contributed by atoms with Crippen LogP contribution >= 0.6 is 0 Å². The summed E-state index contributed by atoms with van der Waals surface area (Å²) in [5.74, 6) is -1.73. The molecule has 1 aromatic carbocycles. The van der Waals surface area contributed by atoms with E-state index < -0.39 is 33.9 Å². The van der Waals surface area contributed by atoms with Gasteiger partial charge in [0.05, 0.1) is 17.6 Å². The van der Waals surface area contributed by atoms with Crippen LogP contribution < -0.4 is 10.1 Å². The number of ketones is 1. The van der Waals surface area contributed by atoms with E-state index >= 15 is 0 Å². The molecule has 3 aromatic rings. The van der Waals surface area contributed by atoms with E-state index in [9.17, 15) is 24.1 Å². The van der Waals surface area contributed by atoms with E-state index in [1.807, 2.05) is 0 Å². The van der Waals surface area contributed by atoms with Gasteiger partial charge in [-0.25, -0.2) is 19.2 Å². The molecule has 13 heteroatoms. The fourth-order valence-corrected chi connectivity index (χ4v) is 3.05. The topological polar surface area (TPSA) is 151 Å². The Morgan fingerprint density at radius 3 is 2.56 bits per heavy atom. The standard InChI is InChI=1S/C23H23FN6O6/c1-23(2,3)36-22(32)27-18-9-7-15(24)19(26-18)17(31)8-6-13-10-14(21-25-12-29(4)28-21)20(35-5)16(11-13)30(33)34/h6-12H,1-5H3,(H,26,27,32)/b8-6+. The Hall–Kier alpha value is -4.68. The molecular weight excluding hydrogens is 475 g/mol. The third-order valence-corrected chi connectivity index (χ3v) is 4.47. The number of pyridine rings is 1. The number of nitro groups is 1.